The lowest BCUT2D eigenvalue weighted by atomic mass is 9.81. The molecule has 0 spiro atoms. The Morgan fingerprint density at radius 2 is 2.08 bits per heavy atom. The lowest BCUT2D eigenvalue weighted by Crippen LogP contribution is -2.42. The number of carbonyl (C=O) groups is 2. The first-order valence-corrected chi connectivity index (χ1v) is 9.11. The molecule has 1 unspecified atom stereocenters. The van der Waals surface area contributed by atoms with Gasteiger partial charge < -0.3 is 20.1 Å². The zero-order valence-corrected chi connectivity index (χ0v) is 14.2. The summed E-state index contributed by atoms with van der Waals surface area (Å²) in [5.41, 5.74) is 0.266. The SMILES string of the molecule is O=C(NC1CCCOc2ccccc21)N1C[C@@H]2CCC[C@@]2(C(=O)O)C1. The molecule has 0 radical (unpaired) electrons. The monoisotopic (exact) mass is 344 g/mol. The number of rotatable bonds is 2. The van der Waals surface area contributed by atoms with Gasteiger partial charge in [0.15, 0.2) is 0 Å². The van der Waals surface area contributed by atoms with Gasteiger partial charge >= 0.3 is 12.0 Å². The van der Waals surface area contributed by atoms with Crippen LogP contribution in [0.3, 0.4) is 0 Å². The van der Waals surface area contributed by atoms with Crippen molar-refractivity contribution < 1.29 is 19.4 Å². The first-order valence-electron chi connectivity index (χ1n) is 9.11. The minimum Gasteiger partial charge on any atom is -0.493 e. The lowest BCUT2D eigenvalue weighted by molar-refractivity contribution is -0.149. The summed E-state index contributed by atoms with van der Waals surface area (Å²) >= 11 is 0. The van der Waals surface area contributed by atoms with Crippen molar-refractivity contribution in [3.05, 3.63) is 29.8 Å². The first kappa shape index (κ1) is 16.2. The number of nitrogens with one attached hydrogen (secondary N) is 1. The number of benzene rings is 1. The van der Waals surface area contributed by atoms with Crippen molar-refractivity contribution in [2.75, 3.05) is 19.7 Å². The minimum atomic E-state index is -0.751. The topological polar surface area (TPSA) is 78.9 Å². The number of amides is 2. The summed E-state index contributed by atoms with van der Waals surface area (Å²) in [5.74, 6) is 0.157. The Balaban J connectivity index is 1.49. The van der Waals surface area contributed by atoms with Crippen LogP contribution >= 0.6 is 0 Å². The Hall–Kier alpha value is -2.24. The number of carbonyl (C=O) groups excluding carboxylic acids is 1. The number of hydrogen-bond donors (Lipinski definition) is 2. The van der Waals surface area contributed by atoms with E-state index in [9.17, 15) is 14.7 Å². The zero-order chi connectivity index (χ0) is 17.4. The quantitative estimate of drug-likeness (QED) is 0.865. The van der Waals surface area contributed by atoms with Gasteiger partial charge in [0.25, 0.3) is 0 Å². The van der Waals surface area contributed by atoms with Crippen molar-refractivity contribution in [2.24, 2.45) is 11.3 Å². The van der Waals surface area contributed by atoms with Crippen LogP contribution < -0.4 is 10.1 Å². The van der Waals surface area contributed by atoms with Crippen LogP contribution in [0, 0.1) is 11.3 Å². The van der Waals surface area contributed by atoms with E-state index < -0.39 is 11.4 Å². The highest BCUT2D eigenvalue weighted by Crippen LogP contribution is 2.49. The number of aliphatic carboxylic acids is 1. The molecular formula is C19H24N2O4. The highest BCUT2D eigenvalue weighted by atomic mass is 16.5. The van der Waals surface area contributed by atoms with Gasteiger partial charge in [-0.1, -0.05) is 24.6 Å². The fourth-order valence-corrected chi connectivity index (χ4v) is 4.71. The molecule has 1 saturated carbocycles. The van der Waals surface area contributed by atoms with E-state index in [0.29, 0.717) is 26.1 Å². The molecule has 0 aromatic heterocycles. The molecule has 25 heavy (non-hydrogen) atoms. The lowest BCUT2D eigenvalue weighted by Gasteiger charge is -2.25. The molecule has 1 aromatic rings. The van der Waals surface area contributed by atoms with Crippen molar-refractivity contribution in [2.45, 2.75) is 38.1 Å². The molecule has 4 rings (SSSR count). The summed E-state index contributed by atoms with van der Waals surface area (Å²) in [6.45, 7) is 1.52. The van der Waals surface area contributed by atoms with Gasteiger partial charge in [0.05, 0.1) is 18.1 Å². The van der Waals surface area contributed by atoms with E-state index in [2.05, 4.69) is 5.32 Å². The van der Waals surface area contributed by atoms with Gasteiger partial charge in [-0.05, 0) is 37.7 Å². The van der Waals surface area contributed by atoms with Crippen LogP contribution in [0.5, 0.6) is 5.75 Å². The van der Waals surface area contributed by atoms with Crippen LogP contribution in [-0.4, -0.2) is 41.7 Å². The van der Waals surface area contributed by atoms with Crippen LogP contribution in [0.15, 0.2) is 24.3 Å². The molecule has 0 bridgehead atoms. The third-order valence-electron chi connectivity index (χ3n) is 6.07. The Kier molecular flexibility index (Phi) is 4.06. The predicted octanol–water partition coefficient (Wildman–Crippen LogP) is 2.80. The van der Waals surface area contributed by atoms with Gasteiger partial charge in [0, 0.05) is 18.7 Å². The molecule has 3 atom stereocenters. The molecule has 3 aliphatic rings. The number of fused-ring (bicyclic) bond motifs is 2. The summed E-state index contributed by atoms with van der Waals surface area (Å²) in [7, 11) is 0. The second-order valence-electron chi connectivity index (χ2n) is 7.46. The molecule has 2 N–H and O–H groups in total. The molecule has 1 aliphatic carbocycles. The van der Waals surface area contributed by atoms with E-state index in [1.54, 1.807) is 4.90 Å². The smallest absolute Gasteiger partial charge is 0.317 e. The molecule has 2 heterocycles. The fraction of sp³-hybridized carbons (Fsp3) is 0.579. The number of nitrogens with zero attached hydrogens (tertiary/aromatic N) is 1. The molecular weight excluding hydrogens is 320 g/mol. The molecule has 2 fully saturated rings. The Morgan fingerprint density at radius 3 is 2.88 bits per heavy atom. The van der Waals surface area contributed by atoms with Crippen LogP contribution in [-0.2, 0) is 4.79 Å². The van der Waals surface area contributed by atoms with Crippen LogP contribution in [0.1, 0.15) is 43.7 Å². The molecule has 6 nitrogen and oxygen atoms in total. The van der Waals surface area contributed by atoms with E-state index in [4.69, 9.17) is 4.74 Å². The normalized spacial score (nSPS) is 30.8. The highest BCUT2D eigenvalue weighted by molar-refractivity contribution is 5.81. The van der Waals surface area contributed by atoms with E-state index >= 15 is 0 Å². The van der Waals surface area contributed by atoms with Gasteiger partial charge in [0.2, 0.25) is 0 Å². The zero-order valence-electron chi connectivity index (χ0n) is 14.2. The largest absolute Gasteiger partial charge is 0.493 e. The second-order valence-corrected chi connectivity index (χ2v) is 7.46. The number of para-hydroxylation sites is 1. The van der Waals surface area contributed by atoms with Crippen LogP contribution in [0.25, 0.3) is 0 Å². The molecule has 1 saturated heterocycles. The number of likely N-dealkylation sites (tertiary alicyclic amines) is 1. The maximum absolute atomic E-state index is 12.8. The number of hydrogen-bond acceptors (Lipinski definition) is 3. The maximum atomic E-state index is 12.8. The van der Waals surface area contributed by atoms with Crippen molar-refractivity contribution in [1.82, 2.24) is 10.2 Å². The van der Waals surface area contributed by atoms with Gasteiger partial charge in [-0.25, -0.2) is 4.79 Å². The third kappa shape index (κ3) is 2.73. The number of urea groups is 1. The summed E-state index contributed by atoms with van der Waals surface area (Å²) in [4.78, 5) is 26.3. The van der Waals surface area contributed by atoms with Crippen LogP contribution in [0.4, 0.5) is 4.79 Å². The molecule has 2 amide bonds. The van der Waals surface area contributed by atoms with Gasteiger partial charge in [-0.3, -0.25) is 4.79 Å². The van der Waals surface area contributed by atoms with Crippen molar-refractivity contribution in [3.63, 3.8) is 0 Å². The average Bonchev–Trinajstić information content (AvgIpc) is 3.10. The number of carboxylic acids is 1. The van der Waals surface area contributed by atoms with Crippen molar-refractivity contribution >= 4 is 12.0 Å². The standard InChI is InChI=1S/C19H24N2O4/c22-17(23)19-9-3-5-13(19)11-21(12-19)18(24)20-15-7-4-10-25-16-8-2-1-6-14(15)16/h1-2,6,8,13,15H,3-5,7,9-12H2,(H,20,24)(H,22,23)/t13-,15?,19+/m0/s1. The summed E-state index contributed by atoms with van der Waals surface area (Å²) in [6, 6.07) is 7.56. The first-order chi connectivity index (χ1) is 12.1. The Labute approximate surface area is 147 Å². The summed E-state index contributed by atoms with van der Waals surface area (Å²) < 4.78 is 5.75. The van der Waals surface area contributed by atoms with E-state index in [1.165, 1.54) is 0 Å². The number of ether oxygens (including phenoxy) is 1. The van der Waals surface area contributed by atoms with Crippen LogP contribution in [0.2, 0.25) is 0 Å². The predicted molar refractivity (Wildman–Crippen MR) is 91.4 cm³/mol. The van der Waals surface area contributed by atoms with Gasteiger partial charge in [-0.2, -0.15) is 0 Å². The number of carboxylic acid groups (broad SMARTS) is 1. The van der Waals surface area contributed by atoms with Crippen molar-refractivity contribution in [3.8, 4) is 5.75 Å². The average molecular weight is 344 g/mol. The molecule has 1 aromatic carbocycles. The van der Waals surface area contributed by atoms with E-state index in [1.807, 2.05) is 24.3 Å². The third-order valence-corrected chi connectivity index (χ3v) is 6.07. The van der Waals surface area contributed by atoms with Crippen molar-refractivity contribution in [1.29, 1.82) is 0 Å². The Bertz CT molecular complexity index is 692. The summed E-state index contributed by atoms with van der Waals surface area (Å²) in [6.07, 6.45) is 4.22. The van der Waals surface area contributed by atoms with E-state index in [-0.39, 0.29) is 18.0 Å². The van der Waals surface area contributed by atoms with Gasteiger partial charge in [0.1, 0.15) is 5.75 Å². The van der Waals surface area contributed by atoms with Gasteiger partial charge in [-0.15, -0.1) is 0 Å². The molecule has 134 valence electrons. The Morgan fingerprint density at radius 1 is 1.24 bits per heavy atom. The molecule has 6 heteroatoms. The second kappa shape index (κ2) is 6.24. The fourth-order valence-electron chi connectivity index (χ4n) is 4.71. The maximum Gasteiger partial charge on any atom is 0.317 e. The molecule has 2 aliphatic heterocycles. The minimum absolute atomic E-state index is 0.0838. The highest BCUT2D eigenvalue weighted by Gasteiger charge is 2.55. The van der Waals surface area contributed by atoms with E-state index in [0.717, 1.165) is 37.0 Å². The summed E-state index contributed by atoms with van der Waals surface area (Å²) in [5, 5.41) is 12.8.